The molecule has 0 aliphatic carbocycles. The van der Waals surface area contributed by atoms with Gasteiger partial charge in [-0.1, -0.05) is 0 Å². The fourth-order valence-corrected chi connectivity index (χ4v) is 1.18. The first-order valence-electron chi connectivity index (χ1n) is 3.43. The van der Waals surface area contributed by atoms with E-state index >= 15 is 0 Å². The minimum atomic E-state index is -1.85. The van der Waals surface area contributed by atoms with E-state index in [4.69, 9.17) is 5.11 Å². The molecule has 1 heterocycles. The second-order valence-electron chi connectivity index (χ2n) is 2.43. The van der Waals surface area contributed by atoms with Gasteiger partial charge in [-0.05, 0) is 0 Å². The van der Waals surface area contributed by atoms with Gasteiger partial charge in [0, 0.05) is 12.8 Å². The molecule has 13 heavy (non-hydrogen) atoms. The van der Waals surface area contributed by atoms with Gasteiger partial charge < -0.3 is 8.93 Å². The number of imide groups is 1. The third kappa shape index (κ3) is 1.86. The quantitative estimate of drug-likeness (QED) is 0.657. The van der Waals surface area contributed by atoms with Gasteiger partial charge in [0.05, 0.1) is 0 Å². The summed E-state index contributed by atoms with van der Waals surface area (Å²) in [6.45, 7) is 0. The Balaban J connectivity index is 2.75. The maximum atomic E-state index is 11.0. The predicted molar refractivity (Wildman–Crippen MR) is 42.1 cm³/mol. The highest BCUT2D eigenvalue weighted by Crippen LogP contribution is 2.15. The van der Waals surface area contributed by atoms with Crippen molar-refractivity contribution >= 4 is 34.0 Å². The molecule has 0 aromatic carbocycles. The van der Waals surface area contributed by atoms with E-state index in [0.717, 1.165) is 0 Å². The Kier molecular flexibility index (Phi) is 2.99. The maximum absolute atomic E-state index is 11.0. The van der Waals surface area contributed by atoms with Crippen LogP contribution in [0.4, 0.5) is 0 Å². The van der Waals surface area contributed by atoms with E-state index in [1.54, 1.807) is 0 Å². The normalized spacial score (nSPS) is 19.1. The number of aliphatic hydroxyl groups is 1. The van der Waals surface area contributed by atoms with Gasteiger partial charge in [-0.25, -0.2) is 9.69 Å². The van der Waals surface area contributed by atoms with Gasteiger partial charge in [-0.15, -0.1) is 0 Å². The van der Waals surface area contributed by atoms with Crippen LogP contribution in [0.1, 0.15) is 12.8 Å². The Morgan fingerprint density at radius 1 is 1.46 bits per heavy atom. The van der Waals surface area contributed by atoms with Crippen molar-refractivity contribution < 1.29 is 23.3 Å². The molecule has 6 nitrogen and oxygen atoms in total. The number of carbonyl (C=O) groups is 3. The van der Waals surface area contributed by atoms with Crippen molar-refractivity contribution in [1.29, 1.82) is 0 Å². The van der Waals surface area contributed by atoms with Crippen molar-refractivity contribution in [3.63, 3.8) is 0 Å². The number of hydrogen-bond acceptors (Lipinski definition) is 5. The molecule has 72 valence electrons. The molecule has 1 unspecified atom stereocenters. The fraction of sp³-hybridized carbons (Fsp3) is 0.500. The van der Waals surface area contributed by atoms with Crippen LogP contribution in [0.2, 0.25) is 0 Å². The average Bonchev–Trinajstić information content (AvgIpc) is 2.44. The van der Waals surface area contributed by atoms with Crippen LogP contribution in [-0.4, -0.2) is 34.0 Å². The van der Waals surface area contributed by atoms with E-state index < -0.39 is 24.0 Å². The summed E-state index contributed by atoms with van der Waals surface area (Å²) in [6.07, 6.45) is -1.81. The van der Waals surface area contributed by atoms with E-state index in [1.165, 1.54) is 0 Å². The minimum Gasteiger partial charge on any atom is -0.380 e. The van der Waals surface area contributed by atoms with Crippen molar-refractivity contribution in [2.24, 2.45) is 0 Å². The molecule has 1 N–H and O–H groups in total. The zero-order valence-electron chi connectivity index (χ0n) is 6.40. The second kappa shape index (κ2) is 3.84. The number of likely N-dealkylation sites (tertiary alicyclic amines) is 1. The number of hydrogen-bond donors (Lipinski definition) is 1. The van der Waals surface area contributed by atoms with Crippen LogP contribution in [-0.2, 0) is 18.2 Å². The van der Waals surface area contributed by atoms with Crippen LogP contribution in [0.5, 0.6) is 0 Å². The van der Waals surface area contributed by atoms with Gasteiger partial charge in [-0.3, -0.25) is 9.59 Å². The molecule has 0 aromatic heterocycles. The molecule has 0 spiro atoms. The molecule has 1 aliphatic rings. The number of halogens is 1. The summed E-state index contributed by atoms with van der Waals surface area (Å²) < 4.78 is 4.00. The third-order valence-corrected chi connectivity index (χ3v) is 1.94. The lowest BCUT2D eigenvalue weighted by atomic mass is 10.4. The van der Waals surface area contributed by atoms with Crippen molar-refractivity contribution in [2.45, 2.75) is 19.1 Å². The first-order valence-corrected chi connectivity index (χ1v) is 4.08. The van der Waals surface area contributed by atoms with Crippen molar-refractivity contribution in [2.75, 3.05) is 0 Å². The molecular formula is C6H6BrNO5. The van der Waals surface area contributed by atoms with Crippen LogP contribution >= 0.6 is 16.3 Å². The Morgan fingerprint density at radius 2 is 1.92 bits per heavy atom. The SMILES string of the molecule is O=C(OBr)C(O)N1C(=O)CCC1=O. The molecule has 1 fully saturated rings. The summed E-state index contributed by atoms with van der Waals surface area (Å²) in [7, 11) is 0. The lowest BCUT2D eigenvalue weighted by Crippen LogP contribution is -2.44. The summed E-state index contributed by atoms with van der Waals surface area (Å²) in [5, 5.41) is 9.14. The highest BCUT2D eigenvalue weighted by Gasteiger charge is 2.38. The van der Waals surface area contributed by atoms with Gasteiger partial charge >= 0.3 is 5.97 Å². The first-order chi connectivity index (χ1) is 6.07. The lowest BCUT2D eigenvalue weighted by Gasteiger charge is -2.17. The minimum absolute atomic E-state index is 0.0193. The van der Waals surface area contributed by atoms with E-state index in [2.05, 4.69) is 20.1 Å². The monoisotopic (exact) mass is 251 g/mol. The average molecular weight is 252 g/mol. The zero-order valence-corrected chi connectivity index (χ0v) is 7.98. The number of carbonyl (C=O) groups excluding carboxylic acids is 3. The lowest BCUT2D eigenvalue weighted by molar-refractivity contribution is -0.164. The first kappa shape index (κ1) is 10.1. The largest absolute Gasteiger partial charge is 0.380 e. The number of aliphatic hydroxyl groups excluding tert-OH is 1. The number of rotatable bonds is 2. The molecule has 2 amide bonds. The van der Waals surface area contributed by atoms with Crippen LogP contribution in [0.15, 0.2) is 0 Å². The van der Waals surface area contributed by atoms with Gasteiger partial charge in [0.25, 0.3) is 0 Å². The molecule has 1 rings (SSSR count). The fourth-order valence-electron chi connectivity index (χ4n) is 1.01. The van der Waals surface area contributed by atoms with E-state index in [0.29, 0.717) is 4.90 Å². The zero-order chi connectivity index (χ0) is 10.0. The maximum Gasteiger partial charge on any atom is 0.368 e. The topological polar surface area (TPSA) is 83.9 Å². The standard InChI is InChI=1S/C6H6BrNO5/c7-13-6(12)5(11)8-3(9)1-2-4(8)10/h5,11H,1-2H2. The van der Waals surface area contributed by atoms with Crippen molar-refractivity contribution in [1.82, 2.24) is 4.90 Å². The molecule has 1 atom stereocenters. The summed E-state index contributed by atoms with van der Waals surface area (Å²) in [5.41, 5.74) is 0. The summed E-state index contributed by atoms with van der Waals surface area (Å²) in [6, 6.07) is 0. The van der Waals surface area contributed by atoms with Crippen LogP contribution in [0.3, 0.4) is 0 Å². The molecule has 7 heteroatoms. The Labute approximate surface area is 81.9 Å². The van der Waals surface area contributed by atoms with Gasteiger partial charge in [0.2, 0.25) is 18.0 Å². The molecule has 1 aliphatic heterocycles. The Morgan fingerprint density at radius 3 is 2.31 bits per heavy atom. The van der Waals surface area contributed by atoms with E-state index in [9.17, 15) is 14.4 Å². The summed E-state index contributed by atoms with van der Waals surface area (Å²) in [5.74, 6) is -2.24. The molecule has 0 aromatic rings. The number of amides is 2. The van der Waals surface area contributed by atoms with Crippen LogP contribution < -0.4 is 0 Å². The highest BCUT2D eigenvalue weighted by molar-refractivity contribution is 9.06. The second-order valence-corrected chi connectivity index (χ2v) is 2.75. The van der Waals surface area contributed by atoms with Crippen LogP contribution in [0.25, 0.3) is 0 Å². The Hall–Kier alpha value is -0.950. The van der Waals surface area contributed by atoms with Gasteiger partial charge in [-0.2, -0.15) is 0 Å². The van der Waals surface area contributed by atoms with Crippen molar-refractivity contribution in [3.8, 4) is 0 Å². The van der Waals surface area contributed by atoms with Gasteiger partial charge in [0.1, 0.15) is 0 Å². The van der Waals surface area contributed by atoms with Gasteiger partial charge in [0.15, 0.2) is 16.3 Å². The number of nitrogens with zero attached hydrogens (tertiary/aromatic N) is 1. The molecule has 0 saturated carbocycles. The van der Waals surface area contributed by atoms with Crippen molar-refractivity contribution in [3.05, 3.63) is 0 Å². The van der Waals surface area contributed by atoms with Crippen LogP contribution in [0, 0.1) is 0 Å². The summed E-state index contributed by atoms with van der Waals surface area (Å²) in [4.78, 5) is 33.2. The van der Waals surface area contributed by atoms with E-state index in [1.807, 2.05) is 0 Å². The molecule has 0 bridgehead atoms. The predicted octanol–water partition coefficient (Wildman–Crippen LogP) is -0.693. The molecular weight excluding hydrogens is 246 g/mol. The highest BCUT2D eigenvalue weighted by atomic mass is 79.9. The molecule has 1 saturated heterocycles. The Bertz CT molecular complexity index is 250. The van der Waals surface area contributed by atoms with E-state index in [-0.39, 0.29) is 12.8 Å². The summed E-state index contributed by atoms with van der Waals surface area (Å²) >= 11 is 2.34. The third-order valence-electron chi connectivity index (χ3n) is 1.62. The smallest absolute Gasteiger partial charge is 0.368 e. The molecule has 0 radical (unpaired) electrons.